The minimum Gasteiger partial charge on any atom is -0.354 e. The van der Waals surface area contributed by atoms with Crippen molar-refractivity contribution >= 4 is 11.6 Å². The lowest BCUT2D eigenvalue weighted by Crippen LogP contribution is -2.24. The second kappa shape index (κ2) is 4.40. The van der Waals surface area contributed by atoms with Gasteiger partial charge in [-0.2, -0.15) is 9.97 Å². The number of hydrogen-bond acceptors (Lipinski definition) is 4. The molecule has 2 aromatic heterocycles. The predicted octanol–water partition coefficient (Wildman–Crippen LogP) is 1.75. The maximum Gasteiger partial charge on any atom is 0.356 e. The van der Waals surface area contributed by atoms with Gasteiger partial charge in [-0.05, 0) is 51.3 Å². The molecule has 0 aromatic carbocycles. The zero-order valence-electron chi connectivity index (χ0n) is 11.5. The highest BCUT2D eigenvalue weighted by molar-refractivity contribution is 5.56. The van der Waals surface area contributed by atoms with Crippen LogP contribution in [0.25, 0.3) is 5.65 Å². The van der Waals surface area contributed by atoms with Gasteiger partial charge in [0.1, 0.15) is 5.65 Å². The van der Waals surface area contributed by atoms with Crippen LogP contribution in [-0.2, 0) is 0 Å². The highest BCUT2D eigenvalue weighted by Crippen LogP contribution is 2.19. The van der Waals surface area contributed by atoms with Crippen molar-refractivity contribution in [2.45, 2.75) is 34.6 Å². The summed E-state index contributed by atoms with van der Waals surface area (Å²) in [6.07, 6.45) is 0. The molecule has 0 saturated carbocycles. The molecule has 2 rings (SSSR count). The highest BCUT2D eigenvalue weighted by atomic mass is 16.1. The van der Waals surface area contributed by atoms with Crippen LogP contribution in [0.2, 0.25) is 0 Å². The van der Waals surface area contributed by atoms with Crippen LogP contribution < -0.4 is 11.0 Å². The zero-order chi connectivity index (χ0) is 13.4. The van der Waals surface area contributed by atoms with Gasteiger partial charge in [-0.1, -0.05) is 0 Å². The van der Waals surface area contributed by atoms with Gasteiger partial charge in [-0.15, -0.1) is 0 Å². The number of fused-ring (bicyclic) bond motifs is 1. The molecule has 0 fully saturated rings. The van der Waals surface area contributed by atoms with E-state index in [-0.39, 0.29) is 5.69 Å². The molecule has 0 atom stereocenters. The van der Waals surface area contributed by atoms with E-state index in [1.807, 2.05) is 27.7 Å². The quantitative estimate of drug-likeness (QED) is 0.877. The zero-order valence-corrected chi connectivity index (χ0v) is 11.5. The lowest BCUT2D eigenvalue weighted by molar-refractivity contribution is 0.883. The summed E-state index contributed by atoms with van der Waals surface area (Å²) in [5.74, 6) is 0.397. The Morgan fingerprint density at radius 2 is 1.72 bits per heavy atom. The van der Waals surface area contributed by atoms with Gasteiger partial charge in [-0.25, -0.2) is 9.20 Å². The Bertz CT molecular complexity index is 673. The summed E-state index contributed by atoms with van der Waals surface area (Å²) in [5, 5.41) is 2.99. The Morgan fingerprint density at radius 3 is 2.33 bits per heavy atom. The van der Waals surface area contributed by atoms with Gasteiger partial charge in [-0.3, -0.25) is 0 Å². The van der Waals surface area contributed by atoms with E-state index in [0.717, 1.165) is 16.8 Å². The van der Waals surface area contributed by atoms with E-state index in [1.54, 1.807) is 4.40 Å². The van der Waals surface area contributed by atoms with E-state index in [1.165, 1.54) is 5.56 Å². The minimum atomic E-state index is -0.278. The van der Waals surface area contributed by atoms with Crippen molar-refractivity contribution in [3.8, 4) is 0 Å². The highest BCUT2D eigenvalue weighted by Gasteiger charge is 2.13. The number of aryl methyl sites for hydroxylation is 2. The van der Waals surface area contributed by atoms with Crippen LogP contribution in [0.1, 0.15) is 29.3 Å². The molecule has 18 heavy (non-hydrogen) atoms. The molecular weight excluding hydrogens is 228 g/mol. The van der Waals surface area contributed by atoms with Gasteiger partial charge in [0, 0.05) is 12.2 Å². The van der Waals surface area contributed by atoms with Gasteiger partial charge >= 0.3 is 5.69 Å². The van der Waals surface area contributed by atoms with Crippen molar-refractivity contribution in [2.24, 2.45) is 0 Å². The number of rotatable bonds is 2. The first-order valence-corrected chi connectivity index (χ1v) is 6.08. The fraction of sp³-hybridized carbons (Fsp3) is 0.462. The van der Waals surface area contributed by atoms with E-state index in [4.69, 9.17) is 0 Å². The summed E-state index contributed by atoms with van der Waals surface area (Å²) in [6.45, 7) is 10.6. The first kappa shape index (κ1) is 12.5. The standard InChI is InChI=1S/C13H18N4O/c1-6-14-12-15-11-9(4)7(2)8(3)10(5)17(11)13(18)16-12/h6H2,1-5H3,(H,14,16,18). The monoisotopic (exact) mass is 246 g/mol. The summed E-state index contributed by atoms with van der Waals surface area (Å²) < 4.78 is 1.58. The molecule has 96 valence electrons. The number of pyridine rings is 1. The van der Waals surface area contributed by atoms with Crippen molar-refractivity contribution in [3.63, 3.8) is 0 Å². The van der Waals surface area contributed by atoms with Gasteiger partial charge in [0.05, 0.1) is 0 Å². The molecule has 0 aliphatic heterocycles. The molecule has 2 heterocycles. The van der Waals surface area contributed by atoms with E-state index in [9.17, 15) is 4.79 Å². The maximum absolute atomic E-state index is 12.1. The number of nitrogens with one attached hydrogen (secondary N) is 1. The van der Waals surface area contributed by atoms with Gasteiger partial charge in [0.15, 0.2) is 0 Å². The topological polar surface area (TPSA) is 59.3 Å². The van der Waals surface area contributed by atoms with E-state index < -0.39 is 0 Å². The third-order valence-corrected chi connectivity index (χ3v) is 3.49. The van der Waals surface area contributed by atoms with Crippen molar-refractivity contribution in [3.05, 3.63) is 32.9 Å². The predicted molar refractivity (Wildman–Crippen MR) is 72.4 cm³/mol. The summed E-state index contributed by atoms with van der Waals surface area (Å²) >= 11 is 0. The normalized spacial score (nSPS) is 10.9. The van der Waals surface area contributed by atoms with Gasteiger partial charge < -0.3 is 5.32 Å². The summed E-state index contributed by atoms with van der Waals surface area (Å²) in [4.78, 5) is 20.5. The van der Waals surface area contributed by atoms with Crippen molar-refractivity contribution in [1.29, 1.82) is 0 Å². The van der Waals surface area contributed by atoms with Crippen molar-refractivity contribution in [1.82, 2.24) is 14.4 Å². The summed E-state index contributed by atoms with van der Waals surface area (Å²) in [7, 11) is 0. The molecule has 5 nitrogen and oxygen atoms in total. The van der Waals surface area contributed by atoms with Crippen LogP contribution in [0.15, 0.2) is 4.79 Å². The van der Waals surface area contributed by atoms with Crippen LogP contribution in [0.3, 0.4) is 0 Å². The Hall–Kier alpha value is -1.91. The molecule has 0 bridgehead atoms. The SMILES string of the molecule is CCNc1nc(=O)n2c(C)c(C)c(C)c(C)c2n1. The van der Waals surface area contributed by atoms with Crippen LogP contribution in [0.4, 0.5) is 5.95 Å². The summed E-state index contributed by atoms with van der Waals surface area (Å²) in [6, 6.07) is 0. The molecule has 0 spiro atoms. The smallest absolute Gasteiger partial charge is 0.354 e. The Labute approximate surface area is 106 Å². The molecule has 2 aromatic rings. The lowest BCUT2D eigenvalue weighted by Gasteiger charge is -2.14. The van der Waals surface area contributed by atoms with Crippen LogP contribution in [0, 0.1) is 27.7 Å². The lowest BCUT2D eigenvalue weighted by atomic mass is 10.0. The van der Waals surface area contributed by atoms with Gasteiger partial charge in [0.25, 0.3) is 0 Å². The fourth-order valence-corrected chi connectivity index (χ4v) is 2.09. The molecule has 0 saturated heterocycles. The summed E-state index contributed by atoms with van der Waals surface area (Å²) in [5.41, 5.74) is 4.62. The number of aromatic nitrogens is 3. The number of hydrogen-bond donors (Lipinski definition) is 1. The largest absolute Gasteiger partial charge is 0.356 e. The molecule has 0 aliphatic rings. The van der Waals surface area contributed by atoms with E-state index >= 15 is 0 Å². The second-order valence-electron chi connectivity index (χ2n) is 4.48. The molecule has 5 heteroatoms. The second-order valence-corrected chi connectivity index (χ2v) is 4.48. The third-order valence-electron chi connectivity index (χ3n) is 3.49. The third kappa shape index (κ3) is 1.75. The average molecular weight is 246 g/mol. The van der Waals surface area contributed by atoms with Crippen LogP contribution in [0.5, 0.6) is 0 Å². The molecule has 0 radical (unpaired) electrons. The molecule has 0 amide bonds. The van der Waals surface area contributed by atoms with Crippen LogP contribution >= 0.6 is 0 Å². The minimum absolute atomic E-state index is 0.278. The Morgan fingerprint density at radius 1 is 1.06 bits per heavy atom. The number of anilines is 1. The average Bonchev–Trinajstić information content (AvgIpc) is 2.33. The van der Waals surface area contributed by atoms with Crippen molar-refractivity contribution in [2.75, 3.05) is 11.9 Å². The molecular formula is C13H18N4O. The van der Waals surface area contributed by atoms with Gasteiger partial charge in [0.2, 0.25) is 5.95 Å². The van der Waals surface area contributed by atoms with Crippen LogP contribution in [-0.4, -0.2) is 20.9 Å². The fourth-order valence-electron chi connectivity index (χ4n) is 2.09. The number of nitrogens with zero attached hydrogens (tertiary/aromatic N) is 3. The first-order chi connectivity index (χ1) is 8.47. The molecule has 0 unspecified atom stereocenters. The van der Waals surface area contributed by atoms with E-state index in [2.05, 4.69) is 22.2 Å². The molecule has 0 aliphatic carbocycles. The molecule has 1 N–H and O–H groups in total. The van der Waals surface area contributed by atoms with E-state index in [0.29, 0.717) is 18.1 Å². The maximum atomic E-state index is 12.1. The van der Waals surface area contributed by atoms with Crippen molar-refractivity contribution < 1.29 is 0 Å². The Balaban J connectivity index is 2.93. The Kier molecular flexibility index (Phi) is 3.07. The first-order valence-electron chi connectivity index (χ1n) is 6.08.